The van der Waals surface area contributed by atoms with Crippen LogP contribution in [0.1, 0.15) is 26.2 Å². The average molecular weight is 258 g/mol. The number of likely N-dealkylation sites (tertiary alicyclic amines) is 1. The van der Waals surface area contributed by atoms with Gasteiger partial charge in [0.05, 0.1) is 19.6 Å². The van der Waals surface area contributed by atoms with Crippen molar-refractivity contribution < 1.29 is 14.6 Å². The molecule has 1 fully saturated rings. The number of hydrogen-bond donors (Lipinski definition) is 2. The number of carbonyl (C=O) groups is 1. The fourth-order valence-electron chi connectivity index (χ4n) is 2.51. The SMILES string of the molecule is CCCCN1CC(NCCO)CC(C(=O)OC)C1. The summed E-state index contributed by atoms with van der Waals surface area (Å²) in [5.41, 5.74) is 0. The van der Waals surface area contributed by atoms with Gasteiger partial charge in [-0.25, -0.2) is 0 Å². The highest BCUT2D eigenvalue weighted by Gasteiger charge is 2.31. The van der Waals surface area contributed by atoms with Crippen molar-refractivity contribution in [2.45, 2.75) is 32.2 Å². The third-order valence-electron chi connectivity index (χ3n) is 3.43. The van der Waals surface area contributed by atoms with Crippen LogP contribution in [0.4, 0.5) is 0 Å². The molecule has 5 nitrogen and oxygen atoms in total. The Morgan fingerprint density at radius 3 is 2.89 bits per heavy atom. The summed E-state index contributed by atoms with van der Waals surface area (Å²) < 4.78 is 4.85. The molecule has 0 radical (unpaired) electrons. The highest BCUT2D eigenvalue weighted by atomic mass is 16.5. The van der Waals surface area contributed by atoms with Crippen molar-refractivity contribution in [3.63, 3.8) is 0 Å². The molecule has 0 bridgehead atoms. The second kappa shape index (κ2) is 8.45. The summed E-state index contributed by atoms with van der Waals surface area (Å²) >= 11 is 0. The fraction of sp³-hybridized carbons (Fsp3) is 0.923. The Hall–Kier alpha value is -0.650. The molecule has 1 rings (SSSR count). The first-order valence-corrected chi connectivity index (χ1v) is 6.85. The molecule has 106 valence electrons. The normalized spacial score (nSPS) is 25.1. The van der Waals surface area contributed by atoms with Gasteiger partial charge >= 0.3 is 5.97 Å². The molecule has 2 atom stereocenters. The van der Waals surface area contributed by atoms with Gasteiger partial charge in [0.2, 0.25) is 0 Å². The first-order chi connectivity index (χ1) is 8.71. The van der Waals surface area contributed by atoms with E-state index < -0.39 is 0 Å². The molecule has 0 aliphatic carbocycles. The number of nitrogens with zero attached hydrogens (tertiary/aromatic N) is 1. The molecule has 5 heteroatoms. The molecular formula is C13H26N2O3. The number of methoxy groups -OCH3 is 1. The molecule has 0 aromatic carbocycles. The number of hydrogen-bond acceptors (Lipinski definition) is 5. The lowest BCUT2D eigenvalue weighted by Gasteiger charge is -2.37. The van der Waals surface area contributed by atoms with Crippen molar-refractivity contribution >= 4 is 5.97 Å². The van der Waals surface area contributed by atoms with Crippen LogP contribution in [-0.2, 0) is 9.53 Å². The molecule has 2 N–H and O–H groups in total. The first kappa shape index (κ1) is 15.4. The standard InChI is InChI=1S/C13H26N2O3/c1-3-4-6-15-9-11(13(17)18-2)8-12(10-15)14-5-7-16/h11-12,14,16H,3-10H2,1-2H3. The van der Waals surface area contributed by atoms with Crippen LogP contribution in [0, 0.1) is 5.92 Å². The second-order valence-corrected chi connectivity index (χ2v) is 4.94. The zero-order valence-electron chi connectivity index (χ0n) is 11.5. The topological polar surface area (TPSA) is 61.8 Å². The Labute approximate surface area is 109 Å². The largest absolute Gasteiger partial charge is 0.469 e. The summed E-state index contributed by atoms with van der Waals surface area (Å²) in [5, 5.41) is 12.1. The van der Waals surface area contributed by atoms with E-state index in [0.29, 0.717) is 6.54 Å². The first-order valence-electron chi connectivity index (χ1n) is 6.85. The molecule has 0 aromatic rings. The molecular weight excluding hydrogens is 232 g/mol. The van der Waals surface area contributed by atoms with Crippen molar-refractivity contribution in [3.05, 3.63) is 0 Å². The number of esters is 1. The van der Waals surface area contributed by atoms with Crippen LogP contribution in [-0.4, -0.2) is 61.9 Å². The van der Waals surface area contributed by atoms with E-state index in [1.807, 2.05) is 0 Å². The zero-order valence-corrected chi connectivity index (χ0v) is 11.5. The highest BCUT2D eigenvalue weighted by molar-refractivity contribution is 5.72. The maximum absolute atomic E-state index is 11.7. The van der Waals surface area contributed by atoms with Gasteiger partial charge in [0.25, 0.3) is 0 Å². The van der Waals surface area contributed by atoms with E-state index in [2.05, 4.69) is 17.1 Å². The van der Waals surface area contributed by atoms with E-state index in [0.717, 1.165) is 38.9 Å². The van der Waals surface area contributed by atoms with Crippen LogP contribution in [0.2, 0.25) is 0 Å². The Kier molecular flexibility index (Phi) is 7.23. The average Bonchev–Trinajstić information content (AvgIpc) is 2.41. The van der Waals surface area contributed by atoms with Crippen LogP contribution in [0.25, 0.3) is 0 Å². The second-order valence-electron chi connectivity index (χ2n) is 4.94. The van der Waals surface area contributed by atoms with Gasteiger partial charge in [-0.15, -0.1) is 0 Å². The number of carbonyl (C=O) groups excluding carboxylic acids is 1. The van der Waals surface area contributed by atoms with Gasteiger partial charge in [-0.1, -0.05) is 13.3 Å². The molecule has 1 aliphatic heterocycles. The summed E-state index contributed by atoms with van der Waals surface area (Å²) in [4.78, 5) is 14.0. The number of aliphatic hydroxyl groups excluding tert-OH is 1. The molecule has 0 spiro atoms. The van der Waals surface area contributed by atoms with Crippen molar-refractivity contribution in [2.24, 2.45) is 5.92 Å². The van der Waals surface area contributed by atoms with Crippen LogP contribution in [0.5, 0.6) is 0 Å². The van der Waals surface area contributed by atoms with E-state index >= 15 is 0 Å². The third kappa shape index (κ3) is 4.92. The van der Waals surface area contributed by atoms with Crippen LogP contribution in [0.3, 0.4) is 0 Å². The Balaban J connectivity index is 2.51. The van der Waals surface area contributed by atoms with E-state index in [1.165, 1.54) is 7.11 Å². The van der Waals surface area contributed by atoms with Gasteiger partial charge in [-0.2, -0.15) is 0 Å². The van der Waals surface area contributed by atoms with Crippen molar-refractivity contribution in [2.75, 3.05) is 39.9 Å². The fourth-order valence-corrected chi connectivity index (χ4v) is 2.51. The molecule has 0 aromatic heterocycles. The van der Waals surface area contributed by atoms with Gasteiger partial charge < -0.3 is 20.1 Å². The number of aliphatic hydroxyl groups is 1. The van der Waals surface area contributed by atoms with Gasteiger partial charge in [0.1, 0.15) is 0 Å². The molecule has 1 heterocycles. The van der Waals surface area contributed by atoms with Crippen LogP contribution in [0.15, 0.2) is 0 Å². The minimum Gasteiger partial charge on any atom is -0.469 e. The van der Waals surface area contributed by atoms with Crippen molar-refractivity contribution in [1.29, 1.82) is 0 Å². The number of piperidine rings is 1. The van der Waals surface area contributed by atoms with Crippen LogP contribution >= 0.6 is 0 Å². The third-order valence-corrected chi connectivity index (χ3v) is 3.43. The molecule has 1 aliphatic rings. The number of rotatable bonds is 7. The lowest BCUT2D eigenvalue weighted by Crippen LogP contribution is -2.51. The van der Waals surface area contributed by atoms with Gasteiger partial charge in [0, 0.05) is 25.7 Å². The minimum absolute atomic E-state index is 0.0446. The lowest BCUT2D eigenvalue weighted by atomic mass is 9.94. The van der Waals surface area contributed by atoms with Crippen molar-refractivity contribution in [1.82, 2.24) is 10.2 Å². The predicted octanol–water partition coefficient (Wildman–Crippen LogP) is 0.232. The molecule has 1 saturated heterocycles. The van der Waals surface area contributed by atoms with E-state index in [-0.39, 0.29) is 24.5 Å². The monoisotopic (exact) mass is 258 g/mol. The maximum Gasteiger partial charge on any atom is 0.310 e. The van der Waals surface area contributed by atoms with E-state index in [4.69, 9.17) is 9.84 Å². The zero-order chi connectivity index (χ0) is 13.4. The Bertz CT molecular complexity index is 232. The summed E-state index contributed by atoms with van der Waals surface area (Å²) in [5.74, 6) is -0.163. The number of ether oxygens (including phenoxy) is 1. The molecule has 18 heavy (non-hydrogen) atoms. The number of nitrogens with one attached hydrogen (secondary N) is 1. The summed E-state index contributed by atoms with van der Waals surface area (Å²) in [7, 11) is 1.45. The van der Waals surface area contributed by atoms with Crippen LogP contribution < -0.4 is 5.32 Å². The van der Waals surface area contributed by atoms with E-state index in [9.17, 15) is 4.79 Å². The minimum atomic E-state index is -0.119. The lowest BCUT2D eigenvalue weighted by molar-refractivity contribution is -0.147. The Morgan fingerprint density at radius 1 is 1.50 bits per heavy atom. The van der Waals surface area contributed by atoms with Gasteiger partial charge in [-0.3, -0.25) is 4.79 Å². The van der Waals surface area contributed by atoms with Crippen molar-refractivity contribution in [3.8, 4) is 0 Å². The maximum atomic E-state index is 11.7. The Morgan fingerprint density at radius 2 is 2.28 bits per heavy atom. The summed E-state index contributed by atoms with van der Waals surface area (Å²) in [6.45, 7) is 5.66. The molecule has 2 unspecified atom stereocenters. The van der Waals surface area contributed by atoms with E-state index in [1.54, 1.807) is 0 Å². The highest BCUT2D eigenvalue weighted by Crippen LogP contribution is 2.18. The van der Waals surface area contributed by atoms with Gasteiger partial charge in [0.15, 0.2) is 0 Å². The smallest absolute Gasteiger partial charge is 0.310 e. The molecule has 0 amide bonds. The number of unbranched alkanes of at least 4 members (excludes halogenated alkanes) is 1. The summed E-state index contributed by atoms with van der Waals surface area (Å²) in [6, 6.07) is 0.270. The van der Waals surface area contributed by atoms with Gasteiger partial charge in [-0.05, 0) is 19.4 Å². The quantitative estimate of drug-likeness (QED) is 0.640. The molecule has 0 saturated carbocycles. The summed E-state index contributed by atoms with van der Waals surface area (Å²) in [6.07, 6.45) is 3.12. The predicted molar refractivity (Wildman–Crippen MR) is 70.3 cm³/mol.